The number of hydrogen-bond acceptors (Lipinski definition) is 4. The summed E-state index contributed by atoms with van der Waals surface area (Å²) in [4.78, 5) is 23.0. The van der Waals surface area contributed by atoms with Crippen LogP contribution in [0.25, 0.3) is 0 Å². The number of pyridine rings is 2. The molecule has 1 N–H and O–H groups in total. The number of rotatable bonds is 3. The van der Waals surface area contributed by atoms with Crippen molar-refractivity contribution in [1.29, 1.82) is 0 Å². The van der Waals surface area contributed by atoms with Crippen LogP contribution >= 0.6 is 0 Å². The first-order chi connectivity index (χ1) is 16.0. The average molecular weight is 448 g/mol. The molecular weight excluding hydrogens is 426 g/mol. The topological polar surface area (TPSA) is 67.4 Å². The molecule has 1 unspecified atom stereocenters. The summed E-state index contributed by atoms with van der Waals surface area (Å²) in [6, 6.07) is 6.37. The number of nitrogens with one attached hydrogen (secondary N) is 1. The van der Waals surface area contributed by atoms with E-state index in [1.165, 1.54) is 17.2 Å². The molecule has 6 nitrogen and oxygen atoms in total. The van der Waals surface area contributed by atoms with Crippen molar-refractivity contribution in [3.05, 3.63) is 76.4 Å². The summed E-state index contributed by atoms with van der Waals surface area (Å²) >= 11 is 0. The fourth-order valence-electron chi connectivity index (χ4n) is 4.76. The maximum Gasteiger partial charge on any atom is 0.326 e. The standard InChI is InChI=1S/C25H22F2N4O2/c1-13-9-15-6-7-20(24-17(26)3-2-8-28-24)33-21(15)10-19(13)31-12-16-18(27)11-29-22(14-4-5-14)23(16)30-25(31)32/h2-3,8-11,14,20H,4-7,12H2,1H3,(H,30,32). The van der Waals surface area contributed by atoms with Gasteiger partial charge in [0.15, 0.2) is 0 Å². The van der Waals surface area contributed by atoms with Crippen LogP contribution in [0.2, 0.25) is 0 Å². The van der Waals surface area contributed by atoms with Crippen LogP contribution in [-0.4, -0.2) is 16.0 Å². The van der Waals surface area contributed by atoms with Crippen molar-refractivity contribution in [3.63, 3.8) is 0 Å². The molecule has 3 aromatic rings. The number of urea groups is 1. The molecule has 3 aliphatic rings. The van der Waals surface area contributed by atoms with E-state index in [1.807, 2.05) is 13.0 Å². The first-order valence-electron chi connectivity index (χ1n) is 11.2. The summed E-state index contributed by atoms with van der Waals surface area (Å²) in [6.45, 7) is 2.02. The normalized spacial score (nSPS) is 19.4. The largest absolute Gasteiger partial charge is 0.484 e. The lowest BCUT2D eigenvalue weighted by atomic mass is 9.97. The molecule has 2 aliphatic heterocycles. The Morgan fingerprint density at radius 1 is 1.12 bits per heavy atom. The third-order valence-corrected chi connectivity index (χ3v) is 6.63. The Balaban J connectivity index is 1.35. The Bertz CT molecular complexity index is 1290. The number of hydrogen-bond donors (Lipinski definition) is 1. The lowest BCUT2D eigenvalue weighted by molar-refractivity contribution is 0.167. The number of ether oxygens (including phenoxy) is 1. The van der Waals surface area contributed by atoms with Crippen LogP contribution in [-0.2, 0) is 13.0 Å². The second-order valence-corrected chi connectivity index (χ2v) is 8.90. The fraction of sp³-hybridized carbons (Fsp3) is 0.320. The van der Waals surface area contributed by atoms with Crippen LogP contribution in [0.15, 0.2) is 36.7 Å². The number of amides is 2. The number of fused-ring (bicyclic) bond motifs is 2. The minimum Gasteiger partial charge on any atom is -0.484 e. The lowest BCUT2D eigenvalue weighted by Gasteiger charge is -2.33. The highest BCUT2D eigenvalue weighted by Crippen LogP contribution is 2.46. The molecule has 33 heavy (non-hydrogen) atoms. The number of aryl methyl sites for hydroxylation is 2. The van der Waals surface area contributed by atoms with E-state index in [0.717, 1.165) is 29.7 Å². The molecule has 2 amide bonds. The summed E-state index contributed by atoms with van der Waals surface area (Å²) in [5.41, 5.74) is 4.50. The van der Waals surface area contributed by atoms with E-state index in [2.05, 4.69) is 15.3 Å². The third kappa shape index (κ3) is 3.41. The van der Waals surface area contributed by atoms with Gasteiger partial charge in [-0.05, 0) is 55.9 Å². The lowest BCUT2D eigenvalue weighted by Crippen LogP contribution is -2.40. The molecule has 1 saturated carbocycles. The summed E-state index contributed by atoms with van der Waals surface area (Å²) in [7, 11) is 0. The van der Waals surface area contributed by atoms with E-state index in [-0.39, 0.29) is 24.2 Å². The van der Waals surface area contributed by atoms with Crippen LogP contribution in [0.4, 0.5) is 25.0 Å². The highest BCUT2D eigenvalue weighted by atomic mass is 19.1. The molecular formula is C25H22F2N4O2. The van der Waals surface area contributed by atoms with Crippen molar-refractivity contribution in [2.45, 2.75) is 51.2 Å². The summed E-state index contributed by atoms with van der Waals surface area (Å²) < 4.78 is 35.1. The predicted octanol–water partition coefficient (Wildman–Crippen LogP) is 5.56. The molecule has 0 saturated heterocycles. The number of anilines is 2. The summed E-state index contributed by atoms with van der Waals surface area (Å²) in [5, 5.41) is 2.87. The van der Waals surface area contributed by atoms with Gasteiger partial charge in [-0.25, -0.2) is 13.6 Å². The Morgan fingerprint density at radius 3 is 2.76 bits per heavy atom. The van der Waals surface area contributed by atoms with E-state index in [4.69, 9.17) is 4.74 Å². The zero-order valence-corrected chi connectivity index (χ0v) is 18.1. The van der Waals surface area contributed by atoms with Crippen LogP contribution in [0, 0.1) is 18.6 Å². The number of carbonyl (C=O) groups excluding carboxylic acids is 1. The van der Waals surface area contributed by atoms with Crippen molar-refractivity contribution in [3.8, 4) is 5.75 Å². The Kier molecular flexibility index (Phi) is 4.57. The molecule has 4 heterocycles. The van der Waals surface area contributed by atoms with Crippen LogP contribution in [0.3, 0.4) is 0 Å². The fourth-order valence-corrected chi connectivity index (χ4v) is 4.76. The molecule has 168 valence electrons. The van der Waals surface area contributed by atoms with Crippen LogP contribution in [0.5, 0.6) is 5.75 Å². The van der Waals surface area contributed by atoms with Gasteiger partial charge in [0.1, 0.15) is 29.2 Å². The van der Waals surface area contributed by atoms with Gasteiger partial charge in [0.05, 0.1) is 29.8 Å². The summed E-state index contributed by atoms with van der Waals surface area (Å²) in [5.74, 6) is 0.0381. The van der Waals surface area contributed by atoms with Crippen molar-refractivity contribution in [1.82, 2.24) is 9.97 Å². The van der Waals surface area contributed by atoms with Gasteiger partial charge in [0.2, 0.25) is 0 Å². The number of aromatic nitrogens is 2. The highest BCUT2D eigenvalue weighted by Gasteiger charge is 2.36. The smallest absolute Gasteiger partial charge is 0.326 e. The maximum absolute atomic E-state index is 14.7. The minimum atomic E-state index is -0.505. The zero-order valence-electron chi connectivity index (χ0n) is 18.1. The van der Waals surface area contributed by atoms with Gasteiger partial charge < -0.3 is 10.1 Å². The van der Waals surface area contributed by atoms with E-state index >= 15 is 0 Å². The molecule has 0 spiro atoms. The SMILES string of the molecule is Cc1cc2c(cc1N1Cc3c(F)cnc(C4CC4)c3NC1=O)OC(c1ncccc1F)CC2. The van der Waals surface area contributed by atoms with Crippen molar-refractivity contribution in [2.75, 3.05) is 10.2 Å². The highest BCUT2D eigenvalue weighted by molar-refractivity contribution is 6.05. The van der Waals surface area contributed by atoms with Gasteiger partial charge in [-0.3, -0.25) is 14.9 Å². The molecule has 1 atom stereocenters. The minimum absolute atomic E-state index is 0.104. The molecule has 2 aromatic heterocycles. The first-order valence-corrected chi connectivity index (χ1v) is 11.2. The van der Waals surface area contributed by atoms with E-state index in [9.17, 15) is 13.6 Å². The molecule has 0 radical (unpaired) electrons. The van der Waals surface area contributed by atoms with E-state index in [0.29, 0.717) is 35.5 Å². The van der Waals surface area contributed by atoms with Crippen LogP contribution in [0.1, 0.15) is 59.4 Å². The van der Waals surface area contributed by atoms with Gasteiger partial charge >= 0.3 is 6.03 Å². The van der Waals surface area contributed by atoms with Gasteiger partial charge in [0.25, 0.3) is 0 Å². The quantitative estimate of drug-likeness (QED) is 0.570. The number of nitrogens with zero attached hydrogens (tertiary/aromatic N) is 3. The summed E-state index contributed by atoms with van der Waals surface area (Å²) in [6.07, 6.45) is 5.61. The number of benzene rings is 1. The molecule has 8 heteroatoms. The van der Waals surface area contributed by atoms with Gasteiger partial charge in [-0.2, -0.15) is 0 Å². The van der Waals surface area contributed by atoms with Crippen molar-refractivity contribution >= 4 is 17.4 Å². The molecule has 1 fully saturated rings. The number of halogens is 2. The predicted molar refractivity (Wildman–Crippen MR) is 118 cm³/mol. The third-order valence-electron chi connectivity index (χ3n) is 6.63. The van der Waals surface area contributed by atoms with E-state index in [1.54, 1.807) is 18.3 Å². The molecule has 0 bridgehead atoms. The second-order valence-electron chi connectivity index (χ2n) is 8.90. The van der Waals surface area contributed by atoms with Gasteiger partial charge in [0, 0.05) is 23.7 Å². The Morgan fingerprint density at radius 2 is 1.97 bits per heavy atom. The van der Waals surface area contributed by atoms with E-state index < -0.39 is 17.7 Å². The second kappa shape index (κ2) is 7.50. The van der Waals surface area contributed by atoms with Crippen molar-refractivity contribution < 1.29 is 18.3 Å². The number of carbonyl (C=O) groups is 1. The average Bonchev–Trinajstić information content (AvgIpc) is 3.64. The monoisotopic (exact) mass is 448 g/mol. The molecule has 6 rings (SSSR count). The van der Waals surface area contributed by atoms with Crippen LogP contribution < -0.4 is 15.0 Å². The Hall–Kier alpha value is -3.55. The van der Waals surface area contributed by atoms with Crippen molar-refractivity contribution in [2.24, 2.45) is 0 Å². The zero-order chi connectivity index (χ0) is 22.7. The molecule has 1 aliphatic carbocycles. The van der Waals surface area contributed by atoms with Gasteiger partial charge in [-0.15, -0.1) is 0 Å². The van der Waals surface area contributed by atoms with Gasteiger partial charge in [-0.1, -0.05) is 6.07 Å². The first kappa shape index (κ1) is 20.1. The maximum atomic E-state index is 14.7. The Labute approximate surface area is 189 Å². The molecule has 1 aromatic carbocycles.